The first kappa shape index (κ1) is 17.2. The van der Waals surface area contributed by atoms with Crippen molar-refractivity contribution in [3.8, 4) is 17.2 Å². The van der Waals surface area contributed by atoms with E-state index in [0.717, 1.165) is 15.8 Å². The minimum atomic E-state index is -0.340. The highest BCUT2D eigenvalue weighted by Gasteiger charge is 2.16. The van der Waals surface area contributed by atoms with E-state index in [4.69, 9.17) is 9.47 Å². The number of aryl methyl sites for hydroxylation is 2. The summed E-state index contributed by atoms with van der Waals surface area (Å²) in [4.78, 5) is 12.2. The first-order valence-electron chi connectivity index (χ1n) is 7.55. The van der Waals surface area contributed by atoms with Crippen molar-refractivity contribution in [3.63, 3.8) is 0 Å². The van der Waals surface area contributed by atoms with Gasteiger partial charge >= 0.3 is 5.69 Å². The van der Waals surface area contributed by atoms with Crippen LogP contribution in [0, 0.1) is 6.92 Å². The maximum absolute atomic E-state index is 12.2. The first-order chi connectivity index (χ1) is 12.0. The Bertz CT molecular complexity index is 965. The largest absolute Gasteiger partial charge is 0.496 e. The third-order valence-corrected chi connectivity index (χ3v) is 4.29. The van der Waals surface area contributed by atoms with Gasteiger partial charge < -0.3 is 9.47 Å². The molecule has 0 saturated carbocycles. The molecule has 0 amide bonds. The van der Waals surface area contributed by atoms with E-state index in [1.807, 2.05) is 31.2 Å². The zero-order valence-corrected chi connectivity index (χ0v) is 15.6. The van der Waals surface area contributed by atoms with Crippen LogP contribution in [0.4, 0.5) is 0 Å². The van der Waals surface area contributed by atoms with Crippen LogP contribution in [0.2, 0.25) is 0 Å². The molecular formula is C17H17BrN4O3. The van der Waals surface area contributed by atoms with E-state index < -0.39 is 0 Å². The predicted octanol–water partition coefficient (Wildman–Crippen LogP) is 2.62. The monoisotopic (exact) mass is 404 g/mol. The fourth-order valence-electron chi connectivity index (χ4n) is 2.43. The fourth-order valence-corrected chi connectivity index (χ4v) is 2.77. The predicted molar refractivity (Wildman–Crippen MR) is 96.4 cm³/mol. The molecule has 7 nitrogen and oxygen atoms in total. The van der Waals surface area contributed by atoms with Gasteiger partial charge in [-0.3, -0.25) is 0 Å². The van der Waals surface area contributed by atoms with Gasteiger partial charge in [0.2, 0.25) is 0 Å². The van der Waals surface area contributed by atoms with Crippen molar-refractivity contribution in [2.45, 2.75) is 13.5 Å². The summed E-state index contributed by atoms with van der Waals surface area (Å²) in [5.74, 6) is 1.36. The van der Waals surface area contributed by atoms with Gasteiger partial charge in [0.1, 0.15) is 18.1 Å². The van der Waals surface area contributed by atoms with E-state index in [2.05, 4.69) is 26.4 Å². The lowest BCUT2D eigenvalue weighted by Crippen LogP contribution is -2.23. The lowest BCUT2D eigenvalue weighted by atomic mass is 10.1. The molecule has 8 heteroatoms. The Balaban J connectivity index is 2.01. The Morgan fingerprint density at radius 2 is 1.96 bits per heavy atom. The lowest BCUT2D eigenvalue weighted by Gasteiger charge is -2.15. The standard InChI is InChI=1S/C17H17BrN4O3/c1-11-7-8-12(18)9-16(11)25-10-13-14(5-4-6-15(13)24-3)22-17(23)21(2)19-20-22/h4-9H,10H2,1-3H3. The average Bonchev–Trinajstić information content (AvgIpc) is 2.94. The number of halogens is 1. The second kappa shape index (κ2) is 7.10. The van der Waals surface area contributed by atoms with Crippen LogP contribution in [0.25, 0.3) is 5.69 Å². The number of hydrogen-bond donors (Lipinski definition) is 0. The highest BCUT2D eigenvalue weighted by Crippen LogP contribution is 2.28. The number of aromatic nitrogens is 4. The van der Waals surface area contributed by atoms with Crippen LogP contribution < -0.4 is 15.2 Å². The highest BCUT2D eigenvalue weighted by atomic mass is 79.9. The van der Waals surface area contributed by atoms with Gasteiger partial charge in [-0.2, -0.15) is 9.36 Å². The summed E-state index contributed by atoms with van der Waals surface area (Å²) < 4.78 is 14.7. The second-order valence-corrected chi connectivity index (χ2v) is 6.37. The first-order valence-corrected chi connectivity index (χ1v) is 8.34. The molecule has 3 rings (SSSR count). The van der Waals surface area contributed by atoms with Gasteiger partial charge in [0.05, 0.1) is 18.4 Å². The molecule has 2 aromatic carbocycles. The summed E-state index contributed by atoms with van der Waals surface area (Å²) in [6, 6.07) is 11.2. The number of tetrazole rings is 1. The van der Waals surface area contributed by atoms with Crippen molar-refractivity contribution in [3.05, 3.63) is 62.5 Å². The van der Waals surface area contributed by atoms with Gasteiger partial charge in [-0.1, -0.05) is 28.1 Å². The molecule has 0 unspecified atom stereocenters. The number of benzene rings is 2. The Kier molecular flexibility index (Phi) is 4.89. The number of hydrogen-bond acceptors (Lipinski definition) is 5. The van der Waals surface area contributed by atoms with E-state index in [-0.39, 0.29) is 12.3 Å². The SMILES string of the molecule is COc1cccc(-n2nnn(C)c2=O)c1COc1cc(Br)ccc1C. The van der Waals surface area contributed by atoms with E-state index in [1.54, 1.807) is 26.3 Å². The molecule has 1 aromatic heterocycles. The van der Waals surface area contributed by atoms with Crippen molar-refractivity contribution in [1.29, 1.82) is 0 Å². The van der Waals surface area contributed by atoms with Crippen LogP contribution >= 0.6 is 15.9 Å². The number of nitrogens with zero attached hydrogens (tertiary/aromatic N) is 4. The highest BCUT2D eigenvalue weighted by molar-refractivity contribution is 9.10. The molecule has 130 valence electrons. The zero-order valence-electron chi connectivity index (χ0n) is 14.1. The van der Waals surface area contributed by atoms with Crippen molar-refractivity contribution < 1.29 is 9.47 Å². The lowest BCUT2D eigenvalue weighted by molar-refractivity contribution is 0.294. The van der Waals surface area contributed by atoms with Crippen LogP contribution in [-0.2, 0) is 13.7 Å². The Labute approximate surface area is 152 Å². The second-order valence-electron chi connectivity index (χ2n) is 5.45. The third kappa shape index (κ3) is 3.43. The summed E-state index contributed by atoms with van der Waals surface area (Å²) in [5, 5.41) is 7.67. The molecule has 0 N–H and O–H groups in total. The Morgan fingerprint density at radius 1 is 1.16 bits per heavy atom. The molecule has 0 atom stereocenters. The molecule has 0 aliphatic carbocycles. The van der Waals surface area contributed by atoms with Gasteiger partial charge in [-0.25, -0.2) is 4.79 Å². The quantitative estimate of drug-likeness (QED) is 0.653. The van der Waals surface area contributed by atoms with Crippen LogP contribution in [0.5, 0.6) is 11.5 Å². The van der Waals surface area contributed by atoms with Crippen molar-refractivity contribution >= 4 is 15.9 Å². The van der Waals surface area contributed by atoms with Crippen LogP contribution in [0.3, 0.4) is 0 Å². The molecule has 0 saturated heterocycles. The van der Waals surface area contributed by atoms with Crippen LogP contribution in [0.1, 0.15) is 11.1 Å². The van der Waals surface area contributed by atoms with Gasteiger partial charge in [0, 0.05) is 11.5 Å². The molecule has 1 heterocycles. The van der Waals surface area contributed by atoms with E-state index in [9.17, 15) is 4.79 Å². The van der Waals surface area contributed by atoms with Gasteiger partial charge in [0.25, 0.3) is 0 Å². The fraction of sp³-hybridized carbons (Fsp3) is 0.235. The summed E-state index contributed by atoms with van der Waals surface area (Å²) >= 11 is 3.44. The molecule has 0 aliphatic rings. The number of methoxy groups -OCH3 is 1. The maximum Gasteiger partial charge on any atom is 0.368 e. The molecule has 0 bridgehead atoms. The van der Waals surface area contributed by atoms with Gasteiger partial charge in [-0.15, -0.1) is 0 Å². The van der Waals surface area contributed by atoms with Gasteiger partial charge in [-0.05, 0) is 47.2 Å². The van der Waals surface area contributed by atoms with Crippen molar-refractivity contribution in [1.82, 2.24) is 19.8 Å². The smallest absolute Gasteiger partial charge is 0.368 e. The van der Waals surface area contributed by atoms with Crippen LogP contribution in [-0.4, -0.2) is 26.9 Å². The average molecular weight is 405 g/mol. The topological polar surface area (TPSA) is 71.2 Å². The van der Waals surface area contributed by atoms with Crippen molar-refractivity contribution in [2.24, 2.45) is 7.05 Å². The van der Waals surface area contributed by atoms with E-state index in [0.29, 0.717) is 17.0 Å². The molecule has 0 radical (unpaired) electrons. The number of rotatable bonds is 5. The molecule has 0 spiro atoms. The third-order valence-electron chi connectivity index (χ3n) is 3.80. The molecule has 25 heavy (non-hydrogen) atoms. The zero-order chi connectivity index (χ0) is 18.0. The molecular weight excluding hydrogens is 388 g/mol. The maximum atomic E-state index is 12.2. The van der Waals surface area contributed by atoms with Gasteiger partial charge in [0.15, 0.2) is 0 Å². The minimum absolute atomic E-state index is 0.222. The summed E-state index contributed by atoms with van der Waals surface area (Å²) in [6.45, 7) is 2.19. The molecule has 3 aromatic rings. The van der Waals surface area contributed by atoms with Crippen LogP contribution in [0.15, 0.2) is 45.7 Å². The molecule has 0 aliphatic heterocycles. The number of ether oxygens (including phenoxy) is 2. The Morgan fingerprint density at radius 3 is 2.64 bits per heavy atom. The summed E-state index contributed by atoms with van der Waals surface area (Å²) in [6.07, 6.45) is 0. The minimum Gasteiger partial charge on any atom is -0.496 e. The molecule has 0 fully saturated rings. The van der Waals surface area contributed by atoms with Crippen molar-refractivity contribution in [2.75, 3.05) is 7.11 Å². The van der Waals surface area contributed by atoms with E-state index in [1.165, 1.54) is 9.36 Å². The summed E-state index contributed by atoms with van der Waals surface area (Å²) in [7, 11) is 3.12. The normalized spacial score (nSPS) is 10.7. The van der Waals surface area contributed by atoms with E-state index >= 15 is 0 Å². The Hall–Kier alpha value is -2.61. The summed E-state index contributed by atoms with van der Waals surface area (Å²) in [5.41, 5.74) is 1.96.